The molecule has 0 aliphatic rings. The standard InChI is InChI=1S/C26H21N/c1-3-20-13-10-18-25(23(20)4-2)27(22-15-6-5-7-16-22)26-19-11-14-21-12-8-9-17-24(21)26/h3-19H,1-2H2. The van der Waals surface area contributed by atoms with Gasteiger partial charge in [0, 0.05) is 16.6 Å². The van der Waals surface area contributed by atoms with Gasteiger partial charge >= 0.3 is 0 Å². The Balaban J connectivity index is 2.06. The fraction of sp³-hybridized carbons (Fsp3) is 0. The van der Waals surface area contributed by atoms with Crippen LogP contribution in [0.3, 0.4) is 0 Å². The molecule has 27 heavy (non-hydrogen) atoms. The lowest BCUT2D eigenvalue weighted by molar-refractivity contribution is 1.29. The number of hydrogen-bond acceptors (Lipinski definition) is 1. The molecule has 0 aromatic heterocycles. The van der Waals surface area contributed by atoms with E-state index in [1.54, 1.807) is 0 Å². The normalized spacial score (nSPS) is 10.5. The number of anilines is 3. The average molecular weight is 347 g/mol. The molecule has 0 saturated carbocycles. The van der Waals surface area contributed by atoms with Crippen LogP contribution < -0.4 is 4.90 Å². The van der Waals surface area contributed by atoms with E-state index >= 15 is 0 Å². The Hall–Kier alpha value is -3.58. The van der Waals surface area contributed by atoms with Crippen molar-refractivity contribution in [3.8, 4) is 0 Å². The monoisotopic (exact) mass is 347 g/mol. The fourth-order valence-electron chi connectivity index (χ4n) is 3.55. The van der Waals surface area contributed by atoms with Gasteiger partial charge < -0.3 is 4.90 Å². The molecular formula is C26H21N. The van der Waals surface area contributed by atoms with Crippen molar-refractivity contribution >= 4 is 40.0 Å². The molecule has 4 aromatic carbocycles. The van der Waals surface area contributed by atoms with E-state index in [0.29, 0.717) is 0 Å². The molecule has 0 fully saturated rings. The molecule has 0 radical (unpaired) electrons. The quantitative estimate of drug-likeness (QED) is 0.359. The van der Waals surface area contributed by atoms with Gasteiger partial charge in [-0.1, -0.05) is 92.0 Å². The third-order valence-corrected chi connectivity index (χ3v) is 4.80. The minimum atomic E-state index is 1.07. The van der Waals surface area contributed by atoms with E-state index in [1.165, 1.54) is 10.8 Å². The molecule has 0 aliphatic heterocycles. The first-order chi connectivity index (χ1) is 13.3. The SMILES string of the molecule is C=Cc1cccc(N(c2ccccc2)c2cccc3ccccc23)c1C=C. The summed E-state index contributed by atoms with van der Waals surface area (Å²) in [4.78, 5) is 2.30. The smallest absolute Gasteiger partial charge is 0.0540 e. The van der Waals surface area contributed by atoms with E-state index in [4.69, 9.17) is 0 Å². The van der Waals surface area contributed by atoms with Crippen LogP contribution in [-0.4, -0.2) is 0 Å². The molecule has 0 aliphatic carbocycles. The van der Waals surface area contributed by atoms with Gasteiger partial charge in [-0.15, -0.1) is 0 Å². The highest BCUT2D eigenvalue weighted by Gasteiger charge is 2.17. The second kappa shape index (κ2) is 7.35. The molecule has 0 saturated heterocycles. The van der Waals surface area contributed by atoms with Crippen molar-refractivity contribution in [2.75, 3.05) is 4.90 Å². The Labute approximate surface area is 160 Å². The average Bonchev–Trinajstić information content (AvgIpc) is 2.74. The van der Waals surface area contributed by atoms with E-state index in [2.05, 4.69) is 103 Å². The summed E-state index contributed by atoms with van der Waals surface area (Å²) in [5, 5.41) is 2.43. The van der Waals surface area contributed by atoms with Crippen LogP contribution in [0.5, 0.6) is 0 Å². The van der Waals surface area contributed by atoms with Crippen molar-refractivity contribution in [1.29, 1.82) is 0 Å². The van der Waals surface area contributed by atoms with Crippen molar-refractivity contribution in [2.24, 2.45) is 0 Å². The minimum Gasteiger partial charge on any atom is -0.309 e. The molecule has 0 N–H and O–H groups in total. The Morgan fingerprint density at radius 1 is 0.593 bits per heavy atom. The Kier molecular flexibility index (Phi) is 4.59. The summed E-state index contributed by atoms with van der Waals surface area (Å²) in [5.41, 5.74) is 5.49. The van der Waals surface area contributed by atoms with Gasteiger partial charge in [0.25, 0.3) is 0 Å². The van der Waals surface area contributed by atoms with Crippen LogP contribution in [0.4, 0.5) is 17.1 Å². The zero-order valence-electron chi connectivity index (χ0n) is 15.2. The lowest BCUT2D eigenvalue weighted by Crippen LogP contribution is -2.12. The summed E-state index contributed by atoms with van der Waals surface area (Å²) in [6, 6.07) is 31.6. The van der Waals surface area contributed by atoms with Crippen molar-refractivity contribution in [3.63, 3.8) is 0 Å². The maximum Gasteiger partial charge on any atom is 0.0540 e. The molecule has 130 valence electrons. The molecule has 1 heteroatoms. The second-order valence-corrected chi connectivity index (χ2v) is 6.36. The third kappa shape index (κ3) is 3.04. The van der Waals surface area contributed by atoms with Gasteiger partial charge in [0.15, 0.2) is 0 Å². The topological polar surface area (TPSA) is 3.24 Å². The predicted molar refractivity (Wildman–Crippen MR) is 119 cm³/mol. The zero-order valence-corrected chi connectivity index (χ0v) is 15.2. The molecule has 0 heterocycles. The number of benzene rings is 4. The zero-order chi connectivity index (χ0) is 18.6. The first-order valence-corrected chi connectivity index (χ1v) is 9.04. The number of rotatable bonds is 5. The first kappa shape index (κ1) is 16.9. The Bertz CT molecular complexity index is 1100. The lowest BCUT2D eigenvalue weighted by atomic mass is 10.0. The van der Waals surface area contributed by atoms with Crippen LogP contribution in [0, 0.1) is 0 Å². The summed E-state index contributed by atoms with van der Waals surface area (Å²) in [6.45, 7) is 8.03. The van der Waals surface area contributed by atoms with E-state index in [0.717, 1.165) is 28.2 Å². The number of nitrogens with zero attached hydrogens (tertiary/aromatic N) is 1. The molecule has 0 amide bonds. The van der Waals surface area contributed by atoms with E-state index in [-0.39, 0.29) is 0 Å². The lowest BCUT2D eigenvalue weighted by Gasteiger charge is -2.29. The van der Waals surface area contributed by atoms with Crippen LogP contribution >= 0.6 is 0 Å². The molecule has 4 aromatic rings. The molecular weight excluding hydrogens is 326 g/mol. The van der Waals surface area contributed by atoms with Gasteiger partial charge in [-0.3, -0.25) is 0 Å². The van der Waals surface area contributed by atoms with E-state index in [1.807, 2.05) is 18.2 Å². The van der Waals surface area contributed by atoms with Gasteiger partial charge in [-0.25, -0.2) is 0 Å². The van der Waals surface area contributed by atoms with Crippen LogP contribution in [0.15, 0.2) is 104 Å². The van der Waals surface area contributed by atoms with Gasteiger partial charge in [-0.05, 0) is 35.2 Å². The molecule has 4 rings (SSSR count). The summed E-state index contributed by atoms with van der Waals surface area (Å²) in [5.74, 6) is 0. The molecule has 0 bridgehead atoms. The number of fused-ring (bicyclic) bond motifs is 1. The number of para-hydroxylation sites is 1. The van der Waals surface area contributed by atoms with Gasteiger partial charge in [-0.2, -0.15) is 0 Å². The highest BCUT2D eigenvalue weighted by atomic mass is 15.1. The second-order valence-electron chi connectivity index (χ2n) is 6.36. The highest BCUT2D eigenvalue weighted by Crippen LogP contribution is 2.41. The molecule has 0 spiro atoms. The largest absolute Gasteiger partial charge is 0.309 e. The van der Waals surface area contributed by atoms with Crippen LogP contribution in [0.1, 0.15) is 11.1 Å². The van der Waals surface area contributed by atoms with E-state index in [9.17, 15) is 0 Å². The minimum absolute atomic E-state index is 1.07. The first-order valence-electron chi connectivity index (χ1n) is 9.04. The maximum atomic E-state index is 4.06. The Morgan fingerprint density at radius 2 is 1.26 bits per heavy atom. The van der Waals surface area contributed by atoms with E-state index < -0.39 is 0 Å². The third-order valence-electron chi connectivity index (χ3n) is 4.80. The van der Waals surface area contributed by atoms with Crippen molar-refractivity contribution in [2.45, 2.75) is 0 Å². The van der Waals surface area contributed by atoms with Gasteiger partial charge in [0.05, 0.1) is 11.4 Å². The fourth-order valence-corrected chi connectivity index (χ4v) is 3.55. The summed E-state index contributed by atoms with van der Waals surface area (Å²) < 4.78 is 0. The van der Waals surface area contributed by atoms with Crippen LogP contribution in [0.25, 0.3) is 22.9 Å². The van der Waals surface area contributed by atoms with Crippen LogP contribution in [0.2, 0.25) is 0 Å². The maximum absolute atomic E-state index is 4.06. The summed E-state index contributed by atoms with van der Waals surface area (Å²) in [6.07, 6.45) is 3.79. The van der Waals surface area contributed by atoms with Crippen molar-refractivity contribution in [1.82, 2.24) is 0 Å². The van der Waals surface area contributed by atoms with Gasteiger partial charge in [0.1, 0.15) is 0 Å². The summed E-state index contributed by atoms with van der Waals surface area (Å²) >= 11 is 0. The highest BCUT2D eigenvalue weighted by molar-refractivity contribution is 6.00. The van der Waals surface area contributed by atoms with Gasteiger partial charge in [0.2, 0.25) is 0 Å². The Morgan fingerprint density at radius 3 is 2.04 bits per heavy atom. The number of hydrogen-bond donors (Lipinski definition) is 0. The molecule has 1 nitrogen and oxygen atoms in total. The van der Waals surface area contributed by atoms with Crippen molar-refractivity contribution in [3.05, 3.63) is 115 Å². The van der Waals surface area contributed by atoms with Crippen LogP contribution in [-0.2, 0) is 0 Å². The molecule has 0 atom stereocenters. The molecule has 0 unspecified atom stereocenters. The summed E-state index contributed by atoms with van der Waals surface area (Å²) in [7, 11) is 0. The predicted octanol–water partition coefficient (Wildman–Crippen LogP) is 7.60. The van der Waals surface area contributed by atoms with Crippen molar-refractivity contribution < 1.29 is 0 Å².